The highest BCUT2D eigenvalue weighted by Gasteiger charge is 2.51. The maximum atomic E-state index is 13.7. The number of carbonyl (C=O) groups is 2. The van der Waals surface area contributed by atoms with E-state index in [1.807, 2.05) is 4.57 Å². The topological polar surface area (TPSA) is 141 Å². The van der Waals surface area contributed by atoms with E-state index in [4.69, 9.17) is 5.26 Å². The number of nitrogens with one attached hydrogen (secondary N) is 2. The van der Waals surface area contributed by atoms with E-state index in [2.05, 4.69) is 10.6 Å². The summed E-state index contributed by atoms with van der Waals surface area (Å²) in [7, 11) is -3.19. The third-order valence-corrected chi connectivity index (χ3v) is 9.01. The highest BCUT2D eigenvalue weighted by atomic mass is 32.2. The number of nitriles is 1. The summed E-state index contributed by atoms with van der Waals surface area (Å²) in [6, 6.07) is 5.54. The summed E-state index contributed by atoms with van der Waals surface area (Å²) >= 11 is 0. The van der Waals surface area contributed by atoms with Gasteiger partial charge in [-0.15, -0.1) is 0 Å². The van der Waals surface area contributed by atoms with Crippen LogP contribution in [0.25, 0.3) is 0 Å². The molecule has 1 aliphatic carbocycles. The van der Waals surface area contributed by atoms with Crippen LogP contribution in [0.1, 0.15) is 58.4 Å². The van der Waals surface area contributed by atoms with Gasteiger partial charge in [0.15, 0.2) is 15.9 Å². The Morgan fingerprint density at radius 3 is 2.71 bits per heavy atom. The molecule has 1 saturated carbocycles. The number of hydrogen-bond acceptors (Lipinski definition) is 6. The number of nitrogens with zero attached hydrogens (tertiary/aromatic N) is 2. The smallest absolute Gasteiger partial charge is 0.272 e. The monoisotopic (exact) mass is 486 g/mol. The quantitative estimate of drug-likeness (QED) is 0.585. The second-order valence-electron chi connectivity index (χ2n) is 9.72. The Bertz CT molecular complexity index is 1400. The summed E-state index contributed by atoms with van der Waals surface area (Å²) in [5.74, 6) is -1.93. The lowest BCUT2D eigenvalue weighted by atomic mass is 9.99. The molecular formula is C23H23FN4O5S. The molecule has 9 nitrogen and oxygen atoms in total. The molecule has 1 aromatic carbocycles. The zero-order chi connectivity index (χ0) is 24.6. The third kappa shape index (κ3) is 3.58. The Balaban J connectivity index is 1.45. The third-order valence-electron chi connectivity index (χ3n) is 6.86. The second kappa shape index (κ2) is 7.38. The molecule has 3 heterocycles. The van der Waals surface area contributed by atoms with Crippen LogP contribution in [0.2, 0.25) is 0 Å². The van der Waals surface area contributed by atoms with Gasteiger partial charge in [0.1, 0.15) is 17.6 Å². The summed E-state index contributed by atoms with van der Waals surface area (Å²) in [4.78, 5) is 26.1. The van der Waals surface area contributed by atoms with Crippen LogP contribution in [0.15, 0.2) is 18.2 Å². The van der Waals surface area contributed by atoms with E-state index in [1.165, 1.54) is 12.1 Å². The number of aliphatic hydroxyl groups excluding tert-OH is 1. The van der Waals surface area contributed by atoms with Gasteiger partial charge in [-0.25, -0.2) is 12.8 Å². The molecule has 0 spiro atoms. The van der Waals surface area contributed by atoms with Crippen LogP contribution < -0.4 is 10.6 Å². The van der Waals surface area contributed by atoms with Gasteiger partial charge in [-0.2, -0.15) is 5.26 Å². The highest BCUT2D eigenvalue weighted by Crippen LogP contribution is 2.55. The average molecular weight is 487 g/mol. The van der Waals surface area contributed by atoms with Crippen molar-refractivity contribution in [1.29, 1.82) is 5.26 Å². The normalized spacial score (nSPS) is 23.6. The van der Waals surface area contributed by atoms with Crippen molar-refractivity contribution in [2.75, 3.05) is 16.8 Å². The minimum atomic E-state index is -3.19. The van der Waals surface area contributed by atoms with Gasteiger partial charge in [0.2, 0.25) is 0 Å². The standard InChI is InChI=1S/C23H23FN4O5S/c1-11-18(20(29)22(31)27-23(2)9-34(32,33)10-23)17-7-12-6-16(12)28(17)19(11)21(30)26-14-3-4-15(24)13(5-14)8-25/h3-5,12,16,20,29H,6-7,9-10H2,1-2H3,(H,26,30)(H,27,31)/t12-,16-,20?/m1/s1. The molecule has 2 amide bonds. The molecule has 178 valence electrons. The summed E-state index contributed by atoms with van der Waals surface area (Å²) in [6.45, 7) is 3.27. The van der Waals surface area contributed by atoms with Crippen molar-refractivity contribution in [3.05, 3.63) is 52.1 Å². The van der Waals surface area contributed by atoms with Crippen LogP contribution in [0.3, 0.4) is 0 Å². The largest absolute Gasteiger partial charge is 0.378 e. The van der Waals surface area contributed by atoms with Crippen molar-refractivity contribution in [2.24, 2.45) is 5.92 Å². The highest BCUT2D eigenvalue weighted by molar-refractivity contribution is 7.93. The fraction of sp³-hybridized carbons (Fsp3) is 0.435. The molecule has 2 aliphatic heterocycles. The van der Waals surface area contributed by atoms with Gasteiger partial charge in [-0.05, 0) is 56.4 Å². The fourth-order valence-corrected chi connectivity index (χ4v) is 7.40. The first-order valence-corrected chi connectivity index (χ1v) is 12.7. The molecule has 3 atom stereocenters. The Morgan fingerprint density at radius 2 is 2.06 bits per heavy atom. The fourth-order valence-electron chi connectivity index (χ4n) is 5.40. The maximum Gasteiger partial charge on any atom is 0.272 e. The van der Waals surface area contributed by atoms with Gasteiger partial charge in [-0.3, -0.25) is 9.59 Å². The van der Waals surface area contributed by atoms with Crippen molar-refractivity contribution < 1.29 is 27.5 Å². The van der Waals surface area contributed by atoms with E-state index in [1.54, 1.807) is 19.9 Å². The van der Waals surface area contributed by atoms with Crippen LogP contribution in [-0.4, -0.2) is 47.0 Å². The molecule has 2 fully saturated rings. The maximum absolute atomic E-state index is 13.7. The van der Waals surface area contributed by atoms with E-state index in [0.717, 1.165) is 18.2 Å². The van der Waals surface area contributed by atoms with E-state index >= 15 is 0 Å². The molecule has 3 N–H and O–H groups in total. The Labute approximate surface area is 195 Å². The molecule has 3 aliphatic rings. The molecule has 0 radical (unpaired) electrons. The van der Waals surface area contributed by atoms with Gasteiger partial charge in [-0.1, -0.05) is 0 Å². The lowest BCUT2D eigenvalue weighted by molar-refractivity contribution is -0.131. The molecule has 0 bridgehead atoms. The molecule has 5 rings (SSSR count). The molecule has 1 unspecified atom stereocenters. The molecule has 11 heteroatoms. The van der Waals surface area contributed by atoms with Crippen molar-refractivity contribution >= 4 is 27.3 Å². The van der Waals surface area contributed by atoms with E-state index in [9.17, 15) is 27.5 Å². The Hall–Kier alpha value is -3.23. The summed E-state index contributed by atoms with van der Waals surface area (Å²) in [6.07, 6.45) is -0.0376. The van der Waals surface area contributed by atoms with Crippen LogP contribution in [0.5, 0.6) is 0 Å². The first-order chi connectivity index (χ1) is 15.9. The number of halogens is 1. The number of anilines is 1. The van der Waals surface area contributed by atoms with Gasteiger partial charge < -0.3 is 20.3 Å². The minimum absolute atomic E-state index is 0.107. The molecule has 1 aromatic heterocycles. The van der Waals surface area contributed by atoms with Crippen molar-refractivity contribution in [3.8, 4) is 6.07 Å². The van der Waals surface area contributed by atoms with Crippen LogP contribution >= 0.6 is 0 Å². The van der Waals surface area contributed by atoms with Crippen molar-refractivity contribution in [2.45, 2.75) is 44.4 Å². The number of benzene rings is 1. The predicted molar refractivity (Wildman–Crippen MR) is 119 cm³/mol. The summed E-state index contributed by atoms with van der Waals surface area (Å²) in [5.41, 5.74) is 0.958. The van der Waals surface area contributed by atoms with Gasteiger partial charge in [0, 0.05) is 23.0 Å². The lowest BCUT2D eigenvalue weighted by Crippen LogP contribution is -2.64. The minimum Gasteiger partial charge on any atom is -0.378 e. The zero-order valence-electron chi connectivity index (χ0n) is 18.6. The second-order valence-corrected chi connectivity index (χ2v) is 11.8. The van der Waals surface area contributed by atoms with Gasteiger partial charge in [0.05, 0.1) is 22.6 Å². The Morgan fingerprint density at radius 1 is 1.35 bits per heavy atom. The first kappa shape index (κ1) is 22.6. The SMILES string of the molecule is Cc1c(C(O)C(=O)NC2(C)CS(=O)(=O)C2)c2n(c1C(=O)Nc1ccc(F)c(C#N)c1)[C@@H]1C[C@@H]1C2. The van der Waals surface area contributed by atoms with Crippen LogP contribution in [0.4, 0.5) is 10.1 Å². The Kier molecular flexibility index (Phi) is 4.90. The van der Waals surface area contributed by atoms with E-state index in [0.29, 0.717) is 29.2 Å². The van der Waals surface area contributed by atoms with E-state index in [-0.39, 0.29) is 28.8 Å². The number of amides is 2. The zero-order valence-corrected chi connectivity index (χ0v) is 19.4. The number of fused-ring (bicyclic) bond motifs is 3. The van der Waals surface area contributed by atoms with Crippen molar-refractivity contribution in [3.63, 3.8) is 0 Å². The molecule has 2 aromatic rings. The number of carbonyl (C=O) groups excluding carboxylic acids is 2. The number of aromatic nitrogens is 1. The number of sulfone groups is 1. The summed E-state index contributed by atoms with van der Waals surface area (Å²) < 4.78 is 38.6. The van der Waals surface area contributed by atoms with Gasteiger partial charge >= 0.3 is 0 Å². The predicted octanol–water partition coefficient (Wildman–Crippen LogP) is 1.51. The summed E-state index contributed by atoms with van der Waals surface area (Å²) in [5, 5.41) is 25.3. The molecule has 34 heavy (non-hydrogen) atoms. The first-order valence-electron chi connectivity index (χ1n) is 10.9. The van der Waals surface area contributed by atoms with Crippen LogP contribution in [0, 0.1) is 30.0 Å². The lowest BCUT2D eigenvalue weighted by Gasteiger charge is -2.38. The molecule has 1 saturated heterocycles. The molecular weight excluding hydrogens is 463 g/mol. The number of aliphatic hydroxyl groups is 1. The van der Waals surface area contributed by atoms with Crippen LogP contribution in [-0.2, 0) is 21.1 Å². The number of rotatable bonds is 5. The average Bonchev–Trinajstić information content (AvgIpc) is 3.31. The van der Waals surface area contributed by atoms with Crippen molar-refractivity contribution in [1.82, 2.24) is 9.88 Å². The van der Waals surface area contributed by atoms with Gasteiger partial charge in [0.25, 0.3) is 11.8 Å². The number of hydrogen-bond donors (Lipinski definition) is 3. The van der Waals surface area contributed by atoms with E-state index < -0.39 is 39.1 Å².